The smallest absolute Gasteiger partial charge is 0.461 e. The first-order valence-electron chi connectivity index (χ1n) is 9.91. The molecule has 3 rings (SSSR count). The third-order valence-corrected chi connectivity index (χ3v) is 5.63. The van der Waals surface area contributed by atoms with Crippen LogP contribution in [0.4, 0.5) is 0 Å². The first-order chi connectivity index (χ1) is 13.3. The van der Waals surface area contributed by atoms with E-state index in [1.165, 1.54) is 0 Å². The van der Waals surface area contributed by atoms with E-state index >= 15 is 0 Å². The summed E-state index contributed by atoms with van der Waals surface area (Å²) < 4.78 is 17.7. The van der Waals surface area contributed by atoms with Crippen molar-refractivity contribution in [2.75, 3.05) is 0 Å². The largest absolute Gasteiger partial charge is 0.495 e. The van der Waals surface area contributed by atoms with Gasteiger partial charge in [-0.3, -0.25) is 4.79 Å². The second-order valence-corrected chi connectivity index (χ2v) is 8.29. The van der Waals surface area contributed by atoms with Gasteiger partial charge in [0, 0.05) is 6.42 Å². The maximum absolute atomic E-state index is 12.0. The maximum atomic E-state index is 12.0. The molecule has 28 heavy (non-hydrogen) atoms. The number of esters is 1. The first-order valence-corrected chi connectivity index (χ1v) is 9.91. The SMILES string of the molecule is CC1(C)OB(c2ccccc2CCCC(=O)OCc2ccccc2)OC1(C)C. The maximum Gasteiger partial charge on any atom is 0.495 e. The van der Waals surface area contributed by atoms with Gasteiger partial charge >= 0.3 is 13.1 Å². The minimum atomic E-state index is -0.383. The highest BCUT2D eigenvalue weighted by atomic mass is 16.7. The number of benzene rings is 2. The normalized spacial score (nSPS) is 17.5. The van der Waals surface area contributed by atoms with Gasteiger partial charge in [0.15, 0.2) is 0 Å². The predicted molar refractivity (Wildman–Crippen MR) is 111 cm³/mol. The summed E-state index contributed by atoms with van der Waals surface area (Å²) in [7, 11) is -0.383. The summed E-state index contributed by atoms with van der Waals surface area (Å²) in [5.74, 6) is -0.169. The zero-order valence-corrected chi connectivity index (χ0v) is 17.2. The van der Waals surface area contributed by atoms with E-state index in [-0.39, 0.29) is 24.3 Å². The highest BCUT2D eigenvalue weighted by Gasteiger charge is 2.52. The van der Waals surface area contributed by atoms with Gasteiger partial charge in [-0.2, -0.15) is 0 Å². The van der Waals surface area contributed by atoms with Gasteiger partial charge in [-0.25, -0.2) is 0 Å². The van der Waals surface area contributed by atoms with E-state index in [2.05, 4.69) is 33.8 Å². The lowest BCUT2D eigenvalue weighted by atomic mass is 9.75. The highest BCUT2D eigenvalue weighted by Crippen LogP contribution is 2.36. The molecule has 1 heterocycles. The summed E-state index contributed by atoms with van der Waals surface area (Å²) >= 11 is 0. The zero-order chi connectivity index (χ0) is 20.2. The average molecular weight is 380 g/mol. The molecule has 0 N–H and O–H groups in total. The van der Waals surface area contributed by atoms with Crippen LogP contribution in [0.25, 0.3) is 0 Å². The van der Waals surface area contributed by atoms with Crippen LogP contribution < -0.4 is 5.46 Å². The van der Waals surface area contributed by atoms with Gasteiger partial charge in [-0.1, -0.05) is 54.6 Å². The third kappa shape index (κ3) is 4.84. The molecule has 0 bridgehead atoms. The predicted octanol–water partition coefficient (Wildman–Crippen LogP) is 4.05. The molecule has 1 aliphatic rings. The molecule has 0 atom stereocenters. The highest BCUT2D eigenvalue weighted by molar-refractivity contribution is 6.62. The monoisotopic (exact) mass is 380 g/mol. The lowest BCUT2D eigenvalue weighted by Crippen LogP contribution is -2.41. The van der Waals surface area contributed by atoms with Crippen molar-refractivity contribution in [2.45, 2.75) is 64.8 Å². The minimum absolute atomic E-state index is 0.169. The van der Waals surface area contributed by atoms with Crippen molar-refractivity contribution in [1.82, 2.24) is 0 Å². The molecule has 4 nitrogen and oxygen atoms in total. The second-order valence-electron chi connectivity index (χ2n) is 8.29. The number of carbonyl (C=O) groups is 1. The molecule has 0 unspecified atom stereocenters. The van der Waals surface area contributed by atoms with Gasteiger partial charge in [0.2, 0.25) is 0 Å². The van der Waals surface area contributed by atoms with Crippen molar-refractivity contribution in [3.63, 3.8) is 0 Å². The van der Waals surface area contributed by atoms with E-state index in [1.54, 1.807) is 0 Å². The van der Waals surface area contributed by atoms with Crippen LogP contribution in [-0.2, 0) is 31.9 Å². The Morgan fingerprint density at radius 3 is 2.21 bits per heavy atom. The molecule has 1 fully saturated rings. The van der Waals surface area contributed by atoms with E-state index in [0.717, 1.165) is 29.4 Å². The van der Waals surface area contributed by atoms with Gasteiger partial charge in [-0.15, -0.1) is 0 Å². The van der Waals surface area contributed by atoms with Crippen LogP contribution in [0.15, 0.2) is 54.6 Å². The Balaban J connectivity index is 1.54. The molecule has 0 spiro atoms. The Labute approximate surface area is 168 Å². The number of hydrogen-bond donors (Lipinski definition) is 0. The van der Waals surface area contributed by atoms with E-state index < -0.39 is 0 Å². The summed E-state index contributed by atoms with van der Waals surface area (Å²) in [6.07, 6.45) is 1.90. The molecule has 2 aromatic carbocycles. The Morgan fingerprint density at radius 2 is 1.54 bits per heavy atom. The average Bonchev–Trinajstić information content (AvgIpc) is 2.88. The van der Waals surface area contributed by atoms with E-state index in [1.807, 2.05) is 48.5 Å². The number of rotatable bonds is 7. The third-order valence-electron chi connectivity index (χ3n) is 5.63. The lowest BCUT2D eigenvalue weighted by molar-refractivity contribution is -0.145. The number of ether oxygens (including phenoxy) is 1. The second kappa shape index (κ2) is 8.50. The quantitative estimate of drug-likeness (QED) is 0.537. The van der Waals surface area contributed by atoms with Crippen LogP contribution in [0.3, 0.4) is 0 Å². The fourth-order valence-electron chi connectivity index (χ4n) is 3.20. The Morgan fingerprint density at radius 1 is 0.929 bits per heavy atom. The first kappa shape index (κ1) is 20.6. The van der Waals surface area contributed by atoms with Gasteiger partial charge in [0.25, 0.3) is 0 Å². The van der Waals surface area contributed by atoms with Gasteiger partial charge < -0.3 is 14.0 Å². The molecule has 0 amide bonds. The summed E-state index contributed by atoms with van der Waals surface area (Å²) in [5.41, 5.74) is 2.45. The Hall–Kier alpha value is -2.11. The van der Waals surface area contributed by atoms with Crippen molar-refractivity contribution in [1.29, 1.82) is 0 Å². The summed E-state index contributed by atoms with van der Waals surface area (Å²) in [4.78, 5) is 12.0. The van der Waals surface area contributed by atoms with Crippen molar-refractivity contribution in [2.24, 2.45) is 0 Å². The minimum Gasteiger partial charge on any atom is -0.461 e. The molecule has 0 aromatic heterocycles. The molecule has 1 saturated heterocycles. The van der Waals surface area contributed by atoms with Crippen LogP contribution in [0.2, 0.25) is 0 Å². The number of carbonyl (C=O) groups excluding carboxylic acids is 1. The van der Waals surface area contributed by atoms with Gasteiger partial charge in [0.1, 0.15) is 6.61 Å². The molecule has 148 valence electrons. The van der Waals surface area contributed by atoms with Crippen molar-refractivity contribution < 1.29 is 18.8 Å². The fourth-order valence-corrected chi connectivity index (χ4v) is 3.20. The lowest BCUT2D eigenvalue weighted by Gasteiger charge is -2.32. The molecule has 0 aliphatic carbocycles. The Bertz CT molecular complexity index is 785. The van der Waals surface area contributed by atoms with Crippen LogP contribution in [-0.4, -0.2) is 24.3 Å². The van der Waals surface area contributed by atoms with E-state index in [0.29, 0.717) is 13.0 Å². The standard InChI is InChI=1S/C23H29BO4/c1-22(2)23(3,4)28-24(27-22)20-15-9-8-13-19(20)14-10-16-21(25)26-17-18-11-6-5-7-12-18/h5-9,11-13,15H,10,14,16-17H2,1-4H3. The zero-order valence-electron chi connectivity index (χ0n) is 17.2. The molecule has 2 aromatic rings. The van der Waals surface area contributed by atoms with Crippen LogP contribution in [0.5, 0.6) is 0 Å². The Kier molecular flexibility index (Phi) is 6.26. The fraction of sp³-hybridized carbons (Fsp3) is 0.435. The number of hydrogen-bond acceptors (Lipinski definition) is 4. The molecule has 0 saturated carbocycles. The molecular formula is C23H29BO4. The van der Waals surface area contributed by atoms with Gasteiger partial charge in [-0.05, 0) is 57.1 Å². The molecule has 0 radical (unpaired) electrons. The van der Waals surface area contributed by atoms with Crippen molar-refractivity contribution in [3.05, 3.63) is 65.7 Å². The van der Waals surface area contributed by atoms with E-state index in [9.17, 15) is 4.79 Å². The van der Waals surface area contributed by atoms with Crippen molar-refractivity contribution in [3.8, 4) is 0 Å². The summed E-state index contributed by atoms with van der Waals surface area (Å²) in [6, 6.07) is 17.9. The molecule has 5 heteroatoms. The topological polar surface area (TPSA) is 44.8 Å². The van der Waals surface area contributed by atoms with E-state index in [4.69, 9.17) is 14.0 Å². The van der Waals surface area contributed by atoms with Crippen molar-refractivity contribution >= 4 is 18.6 Å². The van der Waals surface area contributed by atoms with Crippen LogP contribution in [0.1, 0.15) is 51.7 Å². The summed E-state index contributed by atoms with van der Waals surface area (Å²) in [5, 5.41) is 0. The van der Waals surface area contributed by atoms with Crippen LogP contribution in [0, 0.1) is 0 Å². The summed E-state index contributed by atoms with van der Waals surface area (Å²) in [6.45, 7) is 8.54. The van der Waals surface area contributed by atoms with Crippen LogP contribution >= 0.6 is 0 Å². The molecule has 1 aliphatic heterocycles. The number of aryl methyl sites for hydroxylation is 1. The molecular weight excluding hydrogens is 351 g/mol. The van der Waals surface area contributed by atoms with Gasteiger partial charge in [0.05, 0.1) is 11.2 Å².